The minimum atomic E-state index is -0.765. The number of thiocarbonyl (C=S) groups is 1. The molecule has 1 heterocycles. The fourth-order valence-electron chi connectivity index (χ4n) is 1.06. The fraction of sp³-hybridized carbons (Fsp3) is 0.333. The minimum absolute atomic E-state index is 0.00627. The van der Waals surface area contributed by atoms with Gasteiger partial charge in [-0.2, -0.15) is 5.10 Å². The Morgan fingerprint density at radius 2 is 2.12 bits per heavy atom. The molecule has 7 nitrogen and oxygen atoms in total. The number of carbonyl (C=O) groups is 2. The Labute approximate surface area is 103 Å². The van der Waals surface area contributed by atoms with Gasteiger partial charge in [0, 0.05) is 17.8 Å². The van der Waals surface area contributed by atoms with Crippen molar-refractivity contribution in [3.63, 3.8) is 0 Å². The maximum atomic E-state index is 11.3. The zero-order valence-electron chi connectivity index (χ0n) is 9.24. The molecule has 0 aromatic carbocycles. The zero-order chi connectivity index (χ0) is 12.8. The van der Waals surface area contributed by atoms with E-state index >= 15 is 0 Å². The van der Waals surface area contributed by atoms with Crippen LogP contribution in [0.3, 0.4) is 0 Å². The average Bonchev–Trinajstić information content (AvgIpc) is 2.68. The van der Waals surface area contributed by atoms with E-state index < -0.39 is 11.8 Å². The second-order valence-electron chi connectivity index (χ2n) is 3.35. The van der Waals surface area contributed by atoms with Crippen LogP contribution in [0.4, 0.5) is 0 Å². The molecule has 0 aliphatic heterocycles. The molecule has 0 aliphatic carbocycles. The number of nitrogens with one attached hydrogen (secondary N) is 3. The van der Waals surface area contributed by atoms with Crippen LogP contribution in [0.5, 0.6) is 0 Å². The molecule has 0 atom stereocenters. The monoisotopic (exact) mass is 255 g/mol. The third-order valence-corrected chi connectivity index (χ3v) is 2.15. The van der Waals surface area contributed by atoms with Crippen LogP contribution in [0.2, 0.25) is 0 Å². The van der Waals surface area contributed by atoms with Gasteiger partial charge in [-0.15, -0.1) is 0 Å². The van der Waals surface area contributed by atoms with Crippen LogP contribution in [-0.4, -0.2) is 33.5 Å². The lowest BCUT2D eigenvalue weighted by Crippen LogP contribution is -2.42. The third-order valence-electron chi connectivity index (χ3n) is 2.00. The van der Waals surface area contributed by atoms with Gasteiger partial charge in [0.15, 0.2) is 0 Å². The van der Waals surface area contributed by atoms with Gasteiger partial charge >= 0.3 is 11.8 Å². The Balaban J connectivity index is 2.37. The maximum Gasteiger partial charge on any atom is 0.309 e. The van der Waals surface area contributed by atoms with E-state index in [1.165, 1.54) is 0 Å². The van der Waals surface area contributed by atoms with E-state index in [-0.39, 0.29) is 18.1 Å². The van der Waals surface area contributed by atoms with Crippen molar-refractivity contribution in [1.82, 2.24) is 20.8 Å². The molecule has 0 unspecified atom stereocenters. The summed E-state index contributed by atoms with van der Waals surface area (Å²) in [7, 11) is 0. The Bertz CT molecular complexity index is 442. The van der Waals surface area contributed by atoms with Crippen LogP contribution in [0.1, 0.15) is 11.3 Å². The molecular weight excluding hydrogens is 242 g/mol. The molecule has 1 aromatic rings. The molecule has 0 spiro atoms. The summed E-state index contributed by atoms with van der Waals surface area (Å²) in [5, 5.41) is 11.3. The molecule has 0 fully saturated rings. The second kappa shape index (κ2) is 5.94. The van der Waals surface area contributed by atoms with E-state index in [0.717, 1.165) is 11.3 Å². The van der Waals surface area contributed by atoms with E-state index in [4.69, 9.17) is 5.73 Å². The number of nitrogens with two attached hydrogens (primary N) is 1. The first kappa shape index (κ1) is 13.1. The van der Waals surface area contributed by atoms with Crippen LogP contribution in [0, 0.1) is 6.92 Å². The first-order valence-electron chi connectivity index (χ1n) is 4.84. The van der Waals surface area contributed by atoms with Crippen LogP contribution in [0.15, 0.2) is 6.20 Å². The van der Waals surface area contributed by atoms with Gasteiger partial charge in [0.05, 0.1) is 17.7 Å². The Morgan fingerprint density at radius 3 is 2.65 bits per heavy atom. The minimum Gasteiger partial charge on any atom is -0.392 e. The first-order valence-corrected chi connectivity index (χ1v) is 5.24. The number of hydrogen-bond donors (Lipinski definition) is 4. The normalized spacial score (nSPS) is 9.71. The summed E-state index contributed by atoms with van der Waals surface area (Å²) in [6.07, 6.45) is 1.59. The van der Waals surface area contributed by atoms with Crippen molar-refractivity contribution >= 4 is 29.0 Å². The van der Waals surface area contributed by atoms with Gasteiger partial charge in [-0.3, -0.25) is 14.7 Å². The highest BCUT2D eigenvalue weighted by molar-refractivity contribution is 7.80. The lowest BCUT2D eigenvalue weighted by Gasteiger charge is -2.05. The number of aromatic amines is 1. The number of nitrogens with zero attached hydrogens (tertiary/aromatic N) is 1. The summed E-state index contributed by atoms with van der Waals surface area (Å²) in [5.41, 5.74) is 6.85. The first-order chi connectivity index (χ1) is 8.00. The molecule has 17 heavy (non-hydrogen) atoms. The predicted molar refractivity (Wildman–Crippen MR) is 65.0 cm³/mol. The number of aryl methyl sites for hydroxylation is 1. The molecule has 0 radical (unpaired) electrons. The van der Waals surface area contributed by atoms with Crippen molar-refractivity contribution in [2.24, 2.45) is 5.73 Å². The molecule has 1 rings (SSSR count). The van der Waals surface area contributed by atoms with Gasteiger partial charge in [0.1, 0.15) is 0 Å². The number of aromatic nitrogens is 2. The highest BCUT2D eigenvalue weighted by Gasteiger charge is 2.13. The average molecular weight is 255 g/mol. The van der Waals surface area contributed by atoms with Crippen molar-refractivity contribution in [3.05, 3.63) is 17.5 Å². The largest absolute Gasteiger partial charge is 0.392 e. The fourth-order valence-corrected chi connectivity index (χ4v) is 1.13. The predicted octanol–water partition coefficient (Wildman–Crippen LogP) is -1.26. The molecule has 0 aliphatic rings. The van der Waals surface area contributed by atoms with Crippen molar-refractivity contribution < 1.29 is 9.59 Å². The summed E-state index contributed by atoms with van der Waals surface area (Å²) in [4.78, 5) is 22.7. The highest BCUT2D eigenvalue weighted by Crippen LogP contribution is 2.00. The van der Waals surface area contributed by atoms with Gasteiger partial charge in [-0.1, -0.05) is 12.2 Å². The Morgan fingerprint density at radius 1 is 1.47 bits per heavy atom. The molecule has 0 saturated carbocycles. The zero-order valence-corrected chi connectivity index (χ0v) is 10.1. The van der Waals surface area contributed by atoms with E-state index in [2.05, 4.69) is 33.0 Å². The van der Waals surface area contributed by atoms with Gasteiger partial charge in [-0.05, 0) is 6.92 Å². The standard InChI is InChI=1S/C9H13N5O2S/c1-5-6(3-13-14-5)2-11-8(15)9(16)12-4-7(10)17/h3H,2,4H2,1H3,(H2,10,17)(H,11,15)(H,12,16)(H,13,14). The lowest BCUT2D eigenvalue weighted by atomic mass is 10.2. The number of carbonyl (C=O) groups excluding carboxylic acids is 2. The topological polar surface area (TPSA) is 113 Å². The highest BCUT2D eigenvalue weighted by atomic mass is 32.1. The summed E-state index contributed by atoms with van der Waals surface area (Å²) >= 11 is 4.57. The Hall–Kier alpha value is -1.96. The molecular formula is C9H13N5O2S. The van der Waals surface area contributed by atoms with Crippen molar-refractivity contribution in [2.75, 3.05) is 6.54 Å². The molecule has 1 aromatic heterocycles. The lowest BCUT2D eigenvalue weighted by molar-refractivity contribution is -0.139. The van der Waals surface area contributed by atoms with Crippen LogP contribution >= 0.6 is 12.2 Å². The van der Waals surface area contributed by atoms with Crippen LogP contribution in [-0.2, 0) is 16.1 Å². The molecule has 8 heteroatoms. The van der Waals surface area contributed by atoms with Crippen molar-refractivity contribution in [3.8, 4) is 0 Å². The number of H-pyrrole nitrogens is 1. The summed E-state index contributed by atoms with van der Waals surface area (Å²) in [5.74, 6) is -1.50. The second-order valence-corrected chi connectivity index (χ2v) is 3.88. The van der Waals surface area contributed by atoms with Gasteiger partial charge in [0.2, 0.25) is 0 Å². The molecule has 5 N–H and O–H groups in total. The van der Waals surface area contributed by atoms with E-state index in [9.17, 15) is 9.59 Å². The van der Waals surface area contributed by atoms with Crippen molar-refractivity contribution in [2.45, 2.75) is 13.5 Å². The maximum absolute atomic E-state index is 11.3. The van der Waals surface area contributed by atoms with Crippen LogP contribution in [0.25, 0.3) is 0 Å². The summed E-state index contributed by atoms with van der Waals surface area (Å²) < 4.78 is 0. The number of amides is 2. The number of rotatable bonds is 4. The van der Waals surface area contributed by atoms with Gasteiger partial charge < -0.3 is 16.4 Å². The molecule has 0 saturated heterocycles. The van der Waals surface area contributed by atoms with E-state index in [1.54, 1.807) is 6.20 Å². The van der Waals surface area contributed by atoms with Crippen molar-refractivity contribution in [1.29, 1.82) is 0 Å². The van der Waals surface area contributed by atoms with Gasteiger partial charge in [-0.25, -0.2) is 0 Å². The SMILES string of the molecule is Cc1[nH]ncc1CNC(=O)C(=O)NCC(N)=S. The smallest absolute Gasteiger partial charge is 0.309 e. The van der Waals surface area contributed by atoms with Crippen LogP contribution < -0.4 is 16.4 Å². The van der Waals surface area contributed by atoms with E-state index in [0.29, 0.717) is 0 Å². The molecule has 92 valence electrons. The summed E-state index contributed by atoms with van der Waals surface area (Å²) in [6.45, 7) is 2.06. The third kappa shape index (κ3) is 4.19. The van der Waals surface area contributed by atoms with Gasteiger partial charge in [0.25, 0.3) is 0 Å². The number of hydrogen-bond acceptors (Lipinski definition) is 4. The Kier molecular flexibility index (Phi) is 4.58. The quantitative estimate of drug-likeness (QED) is 0.396. The molecule has 0 bridgehead atoms. The molecule has 2 amide bonds. The summed E-state index contributed by atoms with van der Waals surface area (Å²) in [6, 6.07) is 0. The van der Waals surface area contributed by atoms with E-state index in [1.807, 2.05) is 6.92 Å².